The van der Waals surface area contributed by atoms with E-state index < -0.39 is 5.82 Å². The minimum atomic E-state index is -0.524. The predicted octanol–water partition coefficient (Wildman–Crippen LogP) is 4.91. The van der Waals surface area contributed by atoms with Crippen LogP contribution in [0.2, 0.25) is 0 Å². The van der Waals surface area contributed by atoms with Gasteiger partial charge in [-0.05, 0) is 49.9 Å². The number of carbonyl (C=O) groups excluding carboxylic acids is 1. The summed E-state index contributed by atoms with van der Waals surface area (Å²) in [4.78, 5) is 12.1. The lowest BCUT2D eigenvalue weighted by Gasteiger charge is -2.12. The Bertz CT molecular complexity index is 736. The topological polar surface area (TPSA) is 38.3 Å². The van der Waals surface area contributed by atoms with Gasteiger partial charge >= 0.3 is 0 Å². The molecule has 2 aromatic rings. The Labute approximate surface area is 134 Å². The molecule has 0 spiro atoms. The number of amides is 1. The Morgan fingerprint density at radius 3 is 2.61 bits per heavy atom. The molecule has 0 radical (unpaired) electrons. The lowest BCUT2D eigenvalue weighted by molar-refractivity contribution is -0.112. The number of rotatable bonds is 5. The van der Waals surface area contributed by atoms with Crippen LogP contribution in [0.15, 0.2) is 60.2 Å². The second kappa shape index (κ2) is 6.65. The fourth-order valence-electron chi connectivity index (χ4n) is 2.35. The smallest absolute Gasteiger partial charge is 0.248 e. The van der Waals surface area contributed by atoms with Crippen molar-refractivity contribution in [1.29, 1.82) is 0 Å². The summed E-state index contributed by atoms with van der Waals surface area (Å²) in [7, 11) is 0. The summed E-state index contributed by atoms with van der Waals surface area (Å²) in [5, 5.41) is 2.60. The van der Waals surface area contributed by atoms with Gasteiger partial charge in [0.15, 0.2) is 11.6 Å². The first-order valence-electron chi connectivity index (χ1n) is 7.64. The van der Waals surface area contributed by atoms with E-state index in [4.69, 9.17) is 4.74 Å². The number of ether oxygens (including phenoxy) is 1. The standard InChI is InChI=1S/C19H18FNO2/c1-13(14-10-11-14)12-18(22)21-19-16(20)8-5-9-17(19)23-15-6-3-2-4-7-15/h2-9,12,14H,10-11H2,1H3,(H,21,22)/b13-12-. The molecule has 118 valence electrons. The number of benzene rings is 2. The molecule has 0 unspecified atom stereocenters. The maximum absolute atomic E-state index is 14.1. The number of nitrogens with one attached hydrogen (secondary N) is 1. The Morgan fingerprint density at radius 2 is 1.91 bits per heavy atom. The van der Waals surface area contributed by atoms with Crippen molar-refractivity contribution in [1.82, 2.24) is 0 Å². The molecular weight excluding hydrogens is 293 g/mol. The lowest BCUT2D eigenvalue weighted by atomic mass is 10.2. The molecule has 23 heavy (non-hydrogen) atoms. The SMILES string of the molecule is C/C(=C/C(=O)Nc1c(F)cccc1Oc1ccccc1)C1CC1. The molecule has 1 aliphatic carbocycles. The Morgan fingerprint density at radius 1 is 1.17 bits per heavy atom. The first-order chi connectivity index (χ1) is 11.1. The Hall–Kier alpha value is -2.62. The van der Waals surface area contributed by atoms with Gasteiger partial charge in [-0.15, -0.1) is 0 Å². The summed E-state index contributed by atoms with van der Waals surface area (Å²) in [5.41, 5.74) is 1.09. The number of para-hydroxylation sites is 2. The molecule has 0 heterocycles. The summed E-state index contributed by atoms with van der Waals surface area (Å²) in [5.74, 6) is 0.503. The number of anilines is 1. The second-order valence-electron chi connectivity index (χ2n) is 5.68. The van der Waals surface area contributed by atoms with Crippen LogP contribution in [0, 0.1) is 11.7 Å². The van der Waals surface area contributed by atoms with Crippen molar-refractivity contribution in [3.05, 3.63) is 66.0 Å². The van der Waals surface area contributed by atoms with E-state index in [0.29, 0.717) is 11.7 Å². The number of halogens is 1. The third-order valence-corrected chi connectivity index (χ3v) is 3.77. The fourth-order valence-corrected chi connectivity index (χ4v) is 2.35. The van der Waals surface area contributed by atoms with Gasteiger partial charge in [-0.1, -0.05) is 29.8 Å². The van der Waals surface area contributed by atoms with Crippen molar-refractivity contribution in [2.24, 2.45) is 5.92 Å². The van der Waals surface area contributed by atoms with E-state index in [1.807, 2.05) is 25.1 Å². The lowest BCUT2D eigenvalue weighted by Crippen LogP contribution is -2.11. The van der Waals surface area contributed by atoms with Gasteiger partial charge in [-0.2, -0.15) is 0 Å². The molecule has 2 aromatic carbocycles. The number of hydrogen-bond donors (Lipinski definition) is 1. The highest BCUT2D eigenvalue weighted by molar-refractivity contribution is 6.00. The van der Waals surface area contributed by atoms with Crippen LogP contribution >= 0.6 is 0 Å². The van der Waals surface area contributed by atoms with Gasteiger partial charge in [0.25, 0.3) is 0 Å². The average Bonchev–Trinajstić information content (AvgIpc) is 3.36. The minimum Gasteiger partial charge on any atom is -0.455 e. The summed E-state index contributed by atoms with van der Waals surface area (Å²) >= 11 is 0. The summed E-state index contributed by atoms with van der Waals surface area (Å²) in [6.45, 7) is 1.93. The van der Waals surface area contributed by atoms with E-state index in [1.165, 1.54) is 12.1 Å². The molecule has 1 aliphatic rings. The number of allylic oxidation sites excluding steroid dienone is 1. The summed E-state index contributed by atoms with van der Waals surface area (Å²) in [6, 6.07) is 13.5. The molecule has 0 saturated heterocycles. The zero-order chi connectivity index (χ0) is 16.2. The largest absolute Gasteiger partial charge is 0.455 e. The summed E-state index contributed by atoms with van der Waals surface area (Å²) in [6.07, 6.45) is 3.78. The van der Waals surface area contributed by atoms with Gasteiger partial charge in [0.1, 0.15) is 11.4 Å². The van der Waals surface area contributed by atoms with Gasteiger partial charge in [0.05, 0.1) is 0 Å². The van der Waals surface area contributed by atoms with Crippen LogP contribution in [0.1, 0.15) is 19.8 Å². The zero-order valence-electron chi connectivity index (χ0n) is 12.9. The van der Waals surface area contributed by atoms with Crippen molar-refractivity contribution in [3.63, 3.8) is 0 Å². The Balaban J connectivity index is 1.80. The molecule has 1 saturated carbocycles. The average molecular weight is 311 g/mol. The first-order valence-corrected chi connectivity index (χ1v) is 7.64. The van der Waals surface area contributed by atoms with Crippen LogP contribution in [0.5, 0.6) is 11.5 Å². The second-order valence-corrected chi connectivity index (χ2v) is 5.68. The summed E-state index contributed by atoms with van der Waals surface area (Å²) < 4.78 is 19.8. The molecule has 0 atom stereocenters. The maximum atomic E-state index is 14.1. The molecule has 3 nitrogen and oxygen atoms in total. The van der Waals surface area contributed by atoms with E-state index in [1.54, 1.807) is 24.3 Å². The molecule has 1 N–H and O–H groups in total. The highest BCUT2D eigenvalue weighted by Crippen LogP contribution is 2.36. The quantitative estimate of drug-likeness (QED) is 0.797. The van der Waals surface area contributed by atoms with Gasteiger partial charge in [0, 0.05) is 6.08 Å². The monoisotopic (exact) mass is 311 g/mol. The van der Waals surface area contributed by atoms with Crippen molar-refractivity contribution in [3.8, 4) is 11.5 Å². The van der Waals surface area contributed by atoms with Gasteiger partial charge < -0.3 is 10.1 Å². The van der Waals surface area contributed by atoms with E-state index in [2.05, 4.69) is 5.32 Å². The van der Waals surface area contributed by atoms with Crippen LogP contribution in [0.4, 0.5) is 10.1 Å². The molecule has 1 fully saturated rings. The van der Waals surface area contributed by atoms with Crippen LogP contribution in [0.25, 0.3) is 0 Å². The van der Waals surface area contributed by atoms with Gasteiger partial charge in [-0.3, -0.25) is 4.79 Å². The number of carbonyl (C=O) groups is 1. The van der Waals surface area contributed by atoms with Crippen molar-refractivity contribution in [2.45, 2.75) is 19.8 Å². The Kier molecular flexibility index (Phi) is 4.42. The highest BCUT2D eigenvalue weighted by atomic mass is 19.1. The van der Waals surface area contributed by atoms with Gasteiger partial charge in [-0.25, -0.2) is 4.39 Å². The van der Waals surface area contributed by atoms with Gasteiger partial charge in [0.2, 0.25) is 5.91 Å². The minimum absolute atomic E-state index is 0.0567. The van der Waals surface area contributed by atoms with Crippen molar-refractivity contribution in [2.75, 3.05) is 5.32 Å². The van der Waals surface area contributed by atoms with E-state index >= 15 is 0 Å². The fraction of sp³-hybridized carbons (Fsp3) is 0.211. The third kappa shape index (κ3) is 3.97. The maximum Gasteiger partial charge on any atom is 0.248 e. The van der Waals surface area contributed by atoms with Crippen LogP contribution < -0.4 is 10.1 Å². The molecule has 3 rings (SSSR count). The molecule has 4 heteroatoms. The van der Waals surface area contributed by atoms with Crippen LogP contribution in [-0.4, -0.2) is 5.91 Å². The highest BCUT2D eigenvalue weighted by Gasteiger charge is 2.23. The molecule has 0 bridgehead atoms. The zero-order valence-corrected chi connectivity index (χ0v) is 12.9. The van der Waals surface area contributed by atoms with Crippen LogP contribution in [0.3, 0.4) is 0 Å². The van der Waals surface area contributed by atoms with Crippen molar-refractivity contribution < 1.29 is 13.9 Å². The normalized spacial score (nSPS) is 14.4. The third-order valence-electron chi connectivity index (χ3n) is 3.77. The molecule has 1 amide bonds. The molecule has 0 aromatic heterocycles. The van der Waals surface area contributed by atoms with Crippen LogP contribution in [-0.2, 0) is 4.79 Å². The van der Waals surface area contributed by atoms with E-state index in [-0.39, 0.29) is 17.3 Å². The van der Waals surface area contributed by atoms with Crippen molar-refractivity contribution >= 4 is 11.6 Å². The predicted molar refractivity (Wildman–Crippen MR) is 88.0 cm³/mol. The first kappa shape index (κ1) is 15.3. The molecular formula is C19H18FNO2. The molecule has 0 aliphatic heterocycles. The number of hydrogen-bond acceptors (Lipinski definition) is 2. The van der Waals surface area contributed by atoms with E-state index in [9.17, 15) is 9.18 Å². The van der Waals surface area contributed by atoms with E-state index in [0.717, 1.165) is 18.4 Å².